The Hall–Kier alpha value is -3.47. The Morgan fingerprint density at radius 3 is 2.76 bits per heavy atom. The first-order chi connectivity index (χ1) is 24.7. The number of fused-ring (bicyclic) bond motifs is 9. The lowest BCUT2D eigenvalue weighted by Gasteiger charge is -2.48. The number of hydrogen-bond acceptors (Lipinski definition) is 9. The smallest absolute Gasteiger partial charge is 0.163 e. The van der Waals surface area contributed by atoms with Crippen LogP contribution in [-0.4, -0.2) is 50.0 Å². The summed E-state index contributed by atoms with van der Waals surface area (Å²) in [6.07, 6.45) is 29.8. The van der Waals surface area contributed by atoms with Crippen molar-refractivity contribution < 1.29 is 19.4 Å². The molecule has 0 radical (unpaired) electrons. The second-order valence-corrected chi connectivity index (χ2v) is 18.0. The molecule has 1 aromatic carbocycles. The maximum absolute atomic E-state index is 13.1. The number of carbonyl (C=O) groups is 2. The average Bonchev–Trinajstić information content (AvgIpc) is 3.87. The summed E-state index contributed by atoms with van der Waals surface area (Å²) in [6.45, 7) is 2.21. The van der Waals surface area contributed by atoms with Gasteiger partial charge in [0.15, 0.2) is 17.3 Å². The third-order valence-electron chi connectivity index (χ3n) is 12.5. The van der Waals surface area contributed by atoms with Crippen LogP contribution in [0.4, 0.5) is 0 Å². The van der Waals surface area contributed by atoms with E-state index in [1.54, 1.807) is 18.2 Å². The second-order valence-electron chi connectivity index (χ2n) is 15.4. The molecule has 2 fully saturated rings. The molecule has 10 heteroatoms. The third kappa shape index (κ3) is 6.15. The molecule has 1 spiro atoms. The van der Waals surface area contributed by atoms with E-state index < -0.39 is 0 Å². The Bertz CT molecular complexity index is 1870. The zero-order valence-electron chi connectivity index (χ0n) is 29.4. The summed E-state index contributed by atoms with van der Waals surface area (Å²) in [5, 5.41) is 14.8. The summed E-state index contributed by atoms with van der Waals surface area (Å²) in [6, 6.07) is 3.54. The van der Waals surface area contributed by atoms with Crippen molar-refractivity contribution in [2.24, 2.45) is 23.0 Å². The monoisotopic (exact) mass is 724 g/mol. The Labute approximate surface area is 308 Å². The van der Waals surface area contributed by atoms with Gasteiger partial charge in [-0.1, -0.05) is 78.2 Å². The molecule has 4 bridgehead atoms. The van der Waals surface area contributed by atoms with Crippen LogP contribution >= 0.6 is 21.6 Å². The number of nitrogens with two attached hydrogens (primary N) is 1. The molecule has 4 heterocycles. The van der Waals surface area contributed by atoms with Gasteiger partial charge in [-0.2, -0.15) is 0 Å². The summed E-state index contributed by atoms with van der Waals surface area (Å²) in [4.78, 5) is 30.8. The van der Waals surface area contributed by atoms with E-state index in [0.29, 0.717) is 23.5 Å². The van der Waals surface area contributed by atoms with Gasteiger partial charge >= 0.3 is 0 Å². The molecule has 1 aromatic heterocycles. The van der Waals surface area contributed by atoms with Crippen molar-refractivity contribution in [2.45, 2.75) is 99.3 Å². The van der Waals surface area contributed by atoms with E-state index in [-0.39, 0.29) is 57.8 Å². The van der Waals surface area contributed by atoms with E-state index in [9.17, 15) is 14.7 Å². The van der Waals surface area contributed by atoms with Gasteiger partial charge < -0.3 is 25.5 Å². The number of benzene rings is 1. The molecule has 8 rings (SSSR count). The molecule has 2 aromatic rings. The summed E-state index contributed by atoms with van der Waals surface area (Å²) < 4.78 is 8.01. The quantitative estimate of drug-likeness (QED) is 0.165. The highest BCUT2D eigenvalue weighted by Crippen LogP contribution is 2.66. The lowest BCUT2D eigenvalue weighted by atomic mass is 9.75. The minimum atomic E-state index is -0.381. The number of Topliss-reactive ketones (excluding diaryl/α,β-unsaturated/α-hetero) is 1. The van der Waals surface area contributed by atoms with Crippen LogP contribution in [0.25, 0.3) is 12.2 Å². The molecular formula is C41H48N4O4S2. The highest BCUT2D eigenvalue weighted by atomic mass is 33.1. The molecule has 6 aliphatic rings. The highest BCUT2D eigenvalue weighted by Gasteiger charge is 2.61. The molecule has 8 nitrogen and oxygen atoms in total. The minimum absolute atomic E-state index is 0.0287. The van der Waals surface area contributed by atoms with Gasteiger partial charge in [-0.3, -0.25) is 9.59 Å². The van der Waals surface area contributed by atoms with Gasteiger partial charge in [0.25, 0.3) is 0 Å². The van der Waals surface area contributed by atoms with Crippen LogP contribution in [0.1, 0.15) is 93.9 Å². The Kier molecular flexibility index (Phi) is 9.38. The van der Waals surface area contributed by atoms with Crippen molar-refractivity contribution in [3.63, 3.8) is 0 Å². The normalized spacial score (nSPS) is 34.0. The Balaban J connectivity index is 1.33. The van der Waals surface area contributed by atoms with Crippen molar-refractivity contribution >= 4 is 45.3 Å². The molecule has 3 aliphatic heterocycles. The van der Waals surface area contributed by atoms with Gasteiger partial charge in [0, 0.05) is 29.7 Å². The molecule has 1 unspecified atom stereocenters. The number of carbonyl (C=O) groups excluding carboxylic acids is 2. The first-order valence-corrected chi connectivity index (χ1v) is 20.8. The number of allylic oxidation sites excluding steroid dienone is 5. The zero-order chi connectivity index (χ0) is 35.3. The van der Waals surface area contributed by atoms with E-state index >= 15 is 0 Å². The molecular weight excluding hydrogens is 677 g/mol. The van der Waals surface area contributed by atoms with Crippen molar-refractivity contribution in [3.8, 4) is 11.5 Å². The van der Waals surface area contributed by atoms with Crippen LogP contribution in [0, 0.1) is 17.3 Å². The number of phenols is 1. The fraction of sp³-hybridized carbons (Fsp3) is 0.488. The van der Waals surface area contributed by atoms with Crippen molar-refractivity contribution in [1.82, 2.24) is 14.9 Å². The number of nitrogens with one attached hydrogen (secondary N) is 1. The van der Waals surface area contributed by atoms with Gasteiger partial charge in [-0.25, -0.2) is 4.98 Å². The summed E-state index contributed by atoms with van der Waals surface area (Å²) in [5.74, 6) is 0.417. The lowest BCUT2D eigenvalue weighted by molar-refractivity contribution is -0.124. The molecule has 4 N–H and O–H groups in total. The van der Waals surface area contributed by atoms with Crippen molar-refractivity contribution in [2.75, 3.05) is 7.11 Å². The van der Waals surface area contributed by atoms with E-state index in [0.717, 1.165) is 47.2 Å². The lowest BCUT2D eigenvalue weighted by Crippen LogP contribution is -2.53. The van der Waals surface area contributed by atoms with Crippen LogP contribution in [0.3, 0.4) is 0 Å². The number of phenolic OH excluding ortho intramolecular Hbond substituents is 1. The fourth-order valence-electron chi connectivity index (χ4n) is 9.96. The molecule has 51 heavy (non-hydrogen) atoms. The predicted octanol–water partition coefficient (Wildman–Crippen LogP) is 7.82. The summed E-state index contributed by atoms with van der Waals surface area (Å²) in [5.41, 5.74) is 12.1. The van der Waals surface area contributed by atoms with E-state index in [4.69, 9.17) is 15.5 Å². The maximum Gasteiger partial charge on any atom is 0.163 e. The number of hydrogen-bond donors (Lipinski definition) is 3. The summed E-state index contributed by atoms with van der Waals surface area (Å²) >= 11 is 0. The molecule has 2 saturated carbocycles. The number of ketones is 2. The second kappa shape index (κ2) is 13.8. The predicted molar refractivity (Wildman–Crippen MR) is 206 cm³/mol. The zero-order valence-corrected chi connectivity index (χ0v) is 31.1. The SMILES string of the molecule is CC[C@H]1CCC(=O)CC(=O)/C=C/c2cc(OC)c(O)cc2[C@@H]2/C=C/[C@H]1SS[C@@H]([C@]13CC4(CCCC4)C[C@@H]1C=Cc1cncn13)C1=CC2=CNC1N. The number of aromatic hydroxyl groups is 1. The van der Waals surface area contributed by atoms with Crippen LogP contribution in [0.5, 0.6) is 11.5 Å². The molecule has 268 valence electrons. The first-order valence-electron chi connectivity index (χ1n) is 18.5. The van der Waals surface area contributed by atoms with Gasteiger partial charge in [0.05, 0.1) is 48.7 Å². The van der Waals surface area contributed by atoms with Crippen LogP contribution in [0.15, 0.2) is 72.4 Å². The summed E-state index contributed by atoms with van der Waals surface area (Å²) in [7, 11) is 5.38. The Morgan fingerprint density at radius 2 is 1.96 bits per heavy atom. The standard InChI is InChI=1S/C41H48N4O4S2/c1-3-25-6-10-30(46)18-31(47)11-7-26-17-36(49-2)35(48)19-33(26)32-12-13-37(25)50-51-38(34-16-27(32)21-44-39(34)42)41-23-40(14-4-5-15-40)20-28(41)8-9-29-22-43-24-45(29)41/h7-9,11-13,16-17,19,21-22,24-25,28,32,37-39,44,48H,3-6,10,14-15,18,20,23,42H2,1-2H3/b11-7+,13-12+/t25-,28-,32+,37+,38+,39?,41-/m0/s1. The Morgan fingerprint density at radius 1 is 1.12 bits per heavy atom. The highest BCUT2D eigenvalue weighted by molar-refractivity contribution is 8.77. The third-order valence-corrected chi connectivity index (χ3v) is 15.9. The maximum atomic E-state index is 13.1. The van der Waals surface area contributed by atoms with Crippen molar-refractivity contribution in [3.05, 3.63) is 89.2 Å². The van der Waals surface area contributed by atoms with E-state index in [2.05, 4.69) is 53.5 Å². The van der Waals surface area contributed by atoms with Crippen LogP contribution < -0.4 is 15.8 Å². The number of dihydropyridines is 1. The fourth-order valence-corrected chi connectivity index (χ4v) is 13.9. The molecule has 0 saturated heterocycles. The number of imidazole rings is 1. The van der Waals surface area contributed by atoms with E-state index in [1.807, 2.05) is 34.0 Å². The number of rotatable bonds is 3. The molecule has 3 aliphatic carbocycles. The van der Waals surface area contributed by atoms with Gasteiger partial charge in [0.2, 0.25) is 0 Å². The van der Waals surface area contributed by atoms with E-state index in [1.165, 1.54) is 45.3 Å². The first kappa shape index (κ1) is 34.6. The number of ether oxygens (including phenoxy) is 1. The molecule has 7 atom stereocenters. The molecule has 0 amide bonds. The number of methoxy groups -OCH3 is 1. The largest absolute Gasteiger partial charge is 0.504 e. The number of aromatic nitrogens is 2. The van der Waals surface area contributed by atoms with Gasteiger partial charge in [-0.15, -0.1) is 0 Å². The minimum Gasteiger partial charge on any atom is -0.504 e. The van der Waals surface area contributed by atoms with Crippen molar-refractivity contribution in [1.29, 1.82) is 0 Å². The van der Waals surface area contributed by atoms with Gasteiger partial charge in [-0.05, 0) is 90.0 Å². The van der Waals surface area contributed by atoms with Crippen LogP contribution in [-0.2, 0) is 15.1 Å². The average molecular weight is 725 g/mol. The topological polar surface area (TPSA) is 119 Å². The number of nitrogens with zero attached hydrogens (tertiary/aromatic N) is 2. The van der Waals surface area contributed by atoms with Crippen LogP contribution in [0.2, 0.25) is 0 Å². The van der Waals surface area contributed by atoms with Gasteiger partial charge in [0.1, 0.15) is 5.78 Å².